The summed E-state index contributed by atoms with van der Waals surface area (Å²) in [5.74, 6) is 0. The van der Waals surface area contributed by atoms with Crippen LogP contribution in [0, 0.1) is 0 Å². The van der Waals surface area contributed by atoms with Crippen molar-refractivity contribution in [2.24, 2.45) is 0 Å². The van der Waals surface area contributed by atoms with E-state index in [1.54, 1.807) is 0 Å². The molecule has 0 unspecified atom stereocenters. The van der Waals surface area contributed by atoms with E-state index in [2.05, 4.69) is 0 Å². The van der Waals surface area contributed by atoms with Gasteiger partial charge in [0.15, 0.2) is 31.5 Å². The monoisotopic (exact) mass is 828 g/mol. The summed E-state index contributed by atoms with van der Waals surface area (Å²) in [6, 6.07) is 0. The third kappa shape index (κ3) is 9.16. The summed E-state index contributed by atoms with van der Waals surface area (Å²) in [6.07, 6.45) is -47.4. The van der Waals surface area contributed by atoms with E-state index in [0.717, 1.165) is 0 Å². The predicted octanol–water partition coefficient (Wildman–Crippen LogP) is -11.9. The minimum atomic E-state index is -2.20. The van der Waals surface area contributed by atoms with Crippen molar-refractivity contribution in [2.75, 3.05) is 33.0 Å². The molecule has 0 spiro atoms. The Morgan fingerprint density at radius 3 is 1.00 bits per heavy atom. The number of rotatable bonds is 13. The molecule has 5 aliphatic heterocycles. The fourth-order valence-electron chi connectivity index (χ4n) is 6.98. The van der Waals surface area contributed by atoms with Crippen molar-refractivity contribution in [3.8, 4) is 0 Å². The van der Waals surface area contributed by atoms with Gasteiger partial charge in [-0.1, -0.05) is 0 Å². The molecular formula is C30H52O26. The van der Waals surface area contributed by atoms with Crippen molar-refractivity contribution in [2.45, 2.75) is 154 Å². The number of ether oxygens (including phenoxy) is 9. The molecule has 0 aromatic carbocycles. The number of hydrogen-bond acceptors (Lipinski definition) is 26. The second kappa shape index (κ2) is 19.6. The summed E-state index contributed by atoms with van der Waals surface area (Å²) in [4.78, 5) is 0. The molecule has 5 aliphatic rings. The third-order valence-electron chi connectivity index (χ3n) is 10.3. The van der Waals surface area contributed by atoms with Crippen molar-refractivity contribution in [1.82, 2.24) is 0 Å². The van der Waals surface area contributed by atoms with Gasteiger partial charge in [0.05, 0.1) is 33.0 Å². The van der Waals surface area contributed by atoms with Crippen molar-refractivity contribution in [1.29, 1.82) is 0 Å². The van der Waals surface area contributed by atoms with Crippen LogP contribution < -0.4 is 0 Å². The van der Waals surface area contributed by atoms with Crippen LogP contribution in [-0.4, -0.2) is 273 Å². The maximum Gasteiger partial charge on any atom is 0.187 e. The first-order valence-corrected chi connectivity index (χ1v) is 17.6. The maximum absolute atomic E-state index is 11.4. The molecule has 0 amide bonds. The van der Waals surface area contributed by atoms with Crippen LogP contribution in [0.4, 0.5) is 0 Å². The highest BCUT2D eigenvalue weighted by Crippen LogP contribution is 2.36. The zero-order valence-corrected chi connectivity index (χ0v) is 29.2. The van der Waals surface area contributed by atoms with Crippen LogP contribution in [0.15, 0.2) is 0 Å². The SMILES string of the molecule is OC[C@H]1O[C@H](O[C@@H]2[C@H](O)[C@@H](O[C@@H]3[C@H](O)[C@@H](O[C@@H]4[C@@H](O[C@H]5[C@@H](O)[C@H](O)[C@@H](CO)O[C@H]5O)O[C@H](CO)[C@@H](O)[C@@H]4O)O[C@H](CO)[C@H]3O)O[C@H](CO)[C@H]2O)[C@@H](O)[C@@H](O)[C@@H]1O. The van der Waals surface area contributed by atoms with Crippen LogP contribution in [0.2, 0.25) is 0 Å². The Bertz CT molecular complexity index is 1210. The van der Waals surface area contributed by atoms with Crippen LogP contribution in [-0.2, 0) is 42.6 Å². The van der Waals surface area contributed by atoms with Crippen molar-refractivity contribution >= 4 is 0 Å². The molecule has 25 atom stereocenters. The highest BCUT2D eigenvalue weighted by molar-refractivity contribution is 4.99. The molecule has 5 fully saturated rings. The van der Waals surface area contributed by atoms with Gasteiger partial charge < -0.3 is 129 Å². The van der Waals surface area contributed by atoms with E-state index >= 15 is 0 Å². The molecule has 0 saturated carbocycles. The Balaban J connectivity index is 1.36. The quantitative estimate of drug-likeness (QED) is 0.0819. The van der Waals surface area contributed by atoms with Gasteiger partial charge in [0.2, 0.25) is 0 Å². The van der Waals surface area contributed by atoms with Crippen LogP contribution in [0.1, 0.15) is 0 Å². The normalized spacial score (nSPS) is 53.2. The van der Waals surface area contributed by atoms with Gasteiger partial charge in [0.1, 0.15) is 122 Å². The molecule has 0 aliphatic carbocycles. The molecule has 56 heavy (non-hydrogen) atoms. The number of aliphatic hydroxyl groups is 17. The van der Waals surface area contributed by atoms with Gasteiger partial charge in [-0.2, -0.15) is 0 Å². The molecule has 0 aromatic rings. The zero-order valence-electron chi connectivity index (χ0n) is 29.2. The van der Waals surface area contributed by atoms with Gasteiger partial charge in [-0.05, 0) is 0 Å². The molecule has 26 nitrogen and oxygen atoms in total. The van der Waals surface area contributed by atoms with Gasteiger partial charge in [0.25, 0.3) is 0 Å². The summed E-state index contributed by atoms with van der Waals surface area (Å²) >= 11 is 0. The summed E-state index contributed by atoms with van der Waals surface area (Å²) in [5, 5.41) is 177. The predicted molar refractivity (Wildman–Crippen MR) is 167 cm³/mol. The molecule has 0 radical (unpaired) electrons. The Labute approximate surface area is 316 Å². The molecule has 0 aromatic heterocycles. The summed E-state index contributed by atoms with van der Waals surface area (Å²) in [5.41, 5.74) is 0. The molecular weight excluding hydrogens is 776 g/mol. The van der Waals surface area contributed by atoms with Crippen LogP contribution in [0.3, 0.4) is 0 Å². The lowest BCUT2D eigenvalue weighted by atomic mass is 9.95. The molecule has 5 saturated heterocycles. The standard InChI is InChI=1S/C30H52O26/c31-1-6-12(37)17(42)24(26(47)48-6)55-30-25(18(43)13(38)8(3-33)52-30)56-29-21(46)23(15(40)10(5-35)51-29)54-28-20(45)22(14(39)9(4-34)50-28)53-27-19(44)16(41)11(36)7(2-32)49-27/h6-47H,1-5H2/t6-,7-,8-,9-,10-,11-,12-,13-,14-,15-,16+,17+,18+,19+,20+,21+,22+,23+,24+,25+,26-,27-,28-,29-,30-/m1/s1. The van der Waals surface area contributed by atoms with Gasteiger partial charge in [0, 0.05) is 0 Å². The Hall–Kier alpha value is -1.04. The average molecular weight is 829 g/mol. The van der Waals surface area contributed by atoms with Gasteiger partial charge in [-0.25, -0.2) is 0 Å². The van der Waals surface area contributed by atoms with E-state index in [0.29, 0.717) is 0 Å². The molecule has 17 N–H and O–H groups in total. The minimum Gasteiger partial charge on any atom is -0.394 e. The largest absolute Gasteiger partial charge is 0.394 e. The van der Waals surface area contributed by atoms with Crippen molar-refractivity contribution in [3.63, 3.8) is 0 Å². The number of aliphatic hydroxyl groups excluding tert-OH is 17. The highest BCUT2D eigenvalue weighted by Gasteiger charge is 2.56. The molecule has 5 rings (SSSR count). The van der Waals surface area contributed by atoms with Crippen LogP contribution in [0.5, 0.6) is 0 Å². The van der Waals surface area contributed by atoms with Crippen LogP contribution >= 0.6 is 0 Å². The second-order valence-electron chi connectivity index (χ2n) is 13.9. The lowest BCUT2D eigenvalue weighted by Crippen LogP contribution is -2.68. The first-order chi connectivity index (χ1) is 26.5. The molecule has 5 heterocycles. The number of hydrogen-bond donors (Lipinski definition) is 17. The van der Waals surface area contributed by atoms with E-state index in [9.17, 15) is 86.8 Å². The molecule has 0 bridgehead atoms. The first-order valence-electron chi connectivity index (χ1n) is 17.6. The summed E-state index contributed by atoms with van der Waals surface area (Å²) < 4.78 is 49.3. The fraction of sp³-hybridized carbons (Fsp3) is 1.00. The minimum absolute atomic E-state index is 0.820. The first kappa shape index (κ1) is 46.0. The summed E-state index contributed by atoms with van der Waals surface area (Å²) in [7, 11) is 0. The Morgan fingerprint density at radius 1 is 0.268 bits per heavy atom. The van der Waals surface area contributed by atoms with E-state index < -0.39 is 187 Å². The van der Waals surface area contributed by atoms with Crippen molar-refractivity contribution < 1.29 is 129 Å². The van der Waals surface area contributed by atoms with Crippen molar-refractivity contribution in [3.05, 3.63) is 0 Å². The maximum atomic E-state index is 11.4. The van der Waals surface area contributed by atoms with E-state index in [-0.39, 0.29) is 0 Å². The average Bonchev–Trinajstić information content (AvgIpc) is 3.18. The lowest BCUT2D eigenvalue weighted by Gasteiger charge is -2.49. The highest BCUT2D eigenvalue weighted by atomic mass is 16.8. The second-order valence-corrected chi connectivity index (χ2v) is 13.9. The topological polar surface area (TPSA) is 427 Å². The fourth-order valence-corrected chi connectivity index (χ4v) is 6.98. The molecule has 328 valence electrons. The van der Waals surface area contributed by atoms with Gasteiger partial charge in [-0.15, -0.1) is 0 Å². The van der Waals surface area contributed by atoms with E-state index in [4.69, 9.17) is 42.6 Å². The summed E-state index contributed by atoms with van der Waals surface area (Å²) in [6.45, 7) is -4.55. The van der Waals surface area contributed by atoms with E-state index in [1.165, 1.54) is 0 Å². The third-order valence-corrected chi connectivity index (χ3v) is 10.3. The van der Waals surface area contributed by atoms with Crippen LogP contribution in [0.25, 0.3) is 0 Å². The lowest BCUT2D eigenvalue weighted by molar-refractivity contribution is -0.402. The zero-order chi connectivity index (χ0) is 41.3. The smallest absolute Gasteiger partial charge is 0.187 e. The Kier molecular flexibility index (Phi) is 16.1. The van der Waals surface area contributed by atoms with Gasteiger partial charge >= 0.3 is 0 Å². The molecule has 26 heteroatoms. The Morgan fingerprint density at radius 2 is 0.571 bits per heavy atom. The van der Waals surface area contributed by atoms with E-state index in [1.807, 2.05) is 0 Å². The van der Waals surface area contributed by atoms with Gasteiger partial charge in [-0.3, -0.25) is 0 Å².